The number of aromatic nitrogens is 3. The first-order valence-electron chi connectivity index (χ1n) is 7.49. The molecule has 0 spiro atoms. The number of H-pyrrole nitrogens is 1. The molecule has 1 atom stereocenters. The molecule has 122 valence electrons. The van der Waals surface area contributed by atoms with Crippen LogP contribution >= 0.6 is 0 Å². The third kappa shape index (κ3) is 3.20. The van der Waals surface area contributed by atoms with Gasteiger partial charge in [0.2, 0.25) is 0 Å². The summed E-state index contributed by atoms with van der Waals surface area (Å²) < 4.78 is 28.0. The van der Waals surface area contributed by atoms with Gasteiger partial charge in [0.1, 0.15) is 5.69 Å². The summed E-state index contributed by atoms with van der Waals surface area (Å²) in [5.74, 6) is -3.64. The number of nitrogens with zero attached hydrogens (tertiary/aromatic N) is 2. The third-order valence-electron chi connectivity index (χ3n) is 4.08. The zero-order valence-electron chi connectivity index (χ0n) is 12.3. The zero-order chi connectivity index (χ0) is 16.4. The number of alkyl halides is 2. The summed E-state index contributed by atoms with van der Waals surface area (Å²) in [6.45, 7) is 0. The monoisotopic (exact) mass is 322 g/mol. The number of carbonyl (C=O) groups is 1. The smallest absolute Gasteiger partial charge is 0.270 e. The van der Waals surface area contributed by atoms with Crippen molar-refractivity contribution < 1.29 is 13.6 Å². The Morgan fingerprint density at radius 2 is 2.13 bits per heavy atom. The molecule has 3 rings (SSSR count). The summed E-state index contributed by atoms with van der Waals surface area (Å²) in [5.41, 5.74) is -0.146. The van der Waals surface area contributed by atoms with Gasteiger partial charge in [-0.05, 0) is 18.9 Å². The molecule has 1 unspecified atom stereocenters. The Morgan fingerprint density at radius 1 is 1.30 bits per heavy atom. The summed E-state index contributed by atoms with van der Waals surface area (Å²) in [6.07, 6.45) is 4.35. The van der Waals surface area contributed by atoms with Crippen LogP contribution in [0.1, 0.15) is 42.6 Å². The molecule has 0 bridgehead atoms. The van der Waals surface area contributed by atoms with Crippen LogP contribution in [-0.2, 0) is 0 Å². The summed E-state index contributed by atoms with van der Waals surface area (Å²) >= 11 is 0. The summed E-state index contributed by atoms with van der Waals surface area (Å²) in [4.78, 5) is 34.2. The van der Waals surface area contributed by atoms with Crippen molar-refractivity contribution in [2.75, 3.05) is 0 Å². The van der Waals surface area contributed by atoms with Crippen molar-refractivity contribution in [3.05, 3.63) is 34.6 Å². The molecule has 1 fully saturated rings. The first-order chi connectivity index (χ1) is 11.0. The number of hydrogen-bond acceptors (Lipinski definition) is 4. The quantitative estimate of drug-likeness (QED) is 0.828. The lowest BCUT2D eigenvalue weighted by Crippen LogP contribution is -2.47. The number of rotatable bonds is 2. The molecule has 6 nitrogen and oxygen atoms in total. The van der Waals surface area contributed by atoms with Gasteiger partial charge in [-0.3, -0.25) is 9.59 Å². The second-order valence-corrected chi connectivity index (χ2v) is 5.70. The van der Waals surface area contributed by atoms with E-state index in [1.165, 1.54) is 18.6 Å². The first kappa shape index (κ1) is 15.5. The molecule has 0 aromatic carbocycles. The molecular formula is C15H16F2N4O2. The molecule has 1 saturated carbocycles. The Morgan fingerprint density at radius 3 is 2.96 bits per heavy atom. The van der Waals surface area contributed by atoms with Gasteiger partial charge in [-0.25, -0.2) is 18.7 Å². The molecule has 0 saturated heterocycles. The summed E-state index contributed by atoms with van der Waals surface area (Å²) in [7, 11) is 0. The SMILES string of the molecule is O=C(NC1CCCCCC1(F)F)c1cc2c(=O)[nH]cnc2cn1. The van der Waals surface area contributed by atoms with E-state index in [9.17, 15) is 18.4 Å². The maximum absolute atomic E-state index is 14.0. The minimum Gasteiger partial charge on any atom is -0.342 e. The zero-order valence-corrected chi connectivity index (χ0v) is 12.3. The average molecular weight is 322 g/mol. The minimum atomic E-state index is -2.93. The van der Waals surface area contributed by atoms with Crippen LogP contribution in [0.4, 0.5) is 8.78 Å². The molecule has 1 aliphatic carbocycles. The largest absolute Gasteiger partial charge is 0.342 e. The molecule has 1 amide bonds. The Balaban J connectivity index is 1.85. The van der Waals surface area contributed by atoms with Gasteiger partial charge >= 0.3 is 0 Å². The lowest BCUT2D eigenvalue weighted by molar-refractivity contribution is -0.0406. The Kier molecular flexibility index (Phi) is 4.06. The van der Waals surface area contributed by atoms with Gasteiger partial charge in [0.25, 0.3) is 17.4 Å². The normalized spacial score (nSPS) is 20.9. The molecule has 2 heterocycles. The Labute approximate surface area is 130 Å². The highest BCUT2D eigenvalue weighted by molar-refractivity contribution is 5.95. The lowest BCUT2D eigenvalue weighted by atomic mass is 10.0. The highest BCUT2D eigenvalue weighted by Gasteiger charge is 2.41. The van der Waals surface area contributed by atoms with Crippen molar-refractivity contribution in [1.29, 1.82) is 0 Å². The molecule has 8 heteroatoms. The van der Waals surface area contributed by atoms with Crippen LogP contribution in [0.2, 0.25) is 0 Å². The highest BCUT2D eigenvalue weighted by Crippen LogP contribution is 2.32. The lowest BCUT2D eigenvalue weighted by Gasteiger charge is -2.25. The number of hydrogen-bond donors (Lipinski definition) is 2. The molecule has 2 aromatic heterocycles. The maximum Gasteiger partial charge on any atom is 0.270 e. The number of amides is 1. The van der Waals surface area contributed by atoms with E-state index < -0.39 is 23.4 Å². The van der Waals surface area contributed by atoms with Crippen LogP contribution in [0, 0.1) is 0 Å². The minimum absolute atomic E-state index is 0.0731. The third-order valence-corrected chi connectivity index (χ3v) is 4.08. The van der Waals surface area contributed by atoms with Gasteiger partial charge in [-0.15, -0.1) is 0 Å². The standard InChI is InChI=1S/C15H16F2N4O2/c16-15(17)5-3-1-2-4-12(15)21-14(23)10-6-9-11(7-18-10)19-8-20-13(9)22/h6-8,12H,1-5H2,(H,21,23)(H,19,20,22). The van der Waals surface area contributed by atoms with Crippen LogP contribution in [0.5, 0.6) is 0 Å². The number of nitrogens with one attached hydrogen (secondary N) is 2. The van der Waals surface area contributed by atoms with E-state index in [2.05, 4.69) is 20.3 Å². The molecule has 0 radical (unpaired) electrons. The molecule has 2 N–H and O–H groups in total. The molecule has 1 aliphatic rings. The van der Waals surface area contributed by atoms with E-state index in [4.69, 9.17) is 0 Å². The first-order valence-corrected chi connectivity index (χ1v) is 7.49. The predicted molar refractivity (Wildman–Crippen MR) is 79.4 cm³/mol. The predicted octanol–water partition coefficient (Wildman–Crippen LogP) is 2.02. The van der Waals surface area contributed by atoms with Crippen LogP contribution in [0.3, 0.4) is 0 Å². The van der Waals surface area contributed by atoms with Gasteiger partial charge in [-0.2, -0.15) is 0 Å². The molecule has 23 heavy (non-hydrogen) atoms. The summed E-state index contributed by atoms with van der Waals surface area (Å²) in [6, 6.07) is 0.0629. The van der Waals surface area contributed by atoms with Crippen molar-refractivity contribution in [2.24, 2.45) is 0 Å². The fourth-order valence-electron chi connectivity index (χ4n) is 2.78. The topological polar surface area (TPSA) is 87.7 Å². The van der Waals surface area contributed by atoms with E-state index in [0.717, 1.165) is 6.42 Å². The van der Waals surface area contributed by atoms with Crippen molar-refractivity contribution >= 4 is 16.8 Å². The number of pyridine rings is 1. The van der Waals surface area contributed by atoms with Crippen LogP contribution < -0.4 is 10.9 Å². The number of carbonyl (C=O) groups excluding carboxylic acids is 1. The molecule has 2 aromatic rings. The van der Waals surface area contributed by atoms with Gasteiger partial charge in [0, 0.05) is 6.42 Å². The van der Waals surface area contributed by atoms with E-state index in [-0.39, 0.29) is 23.9 Å². The van der Waals surface area contributed by atoms with Crippen molar-refractivity contribution in [2.45, 2.75) is 44.1 Å². The maximum atomic E-state index is 14.0. The van der Waals surface area contributed by atoms with Crippen LogP contribution in [-0.4, -0.2) is 32.8 Å². The van der Waals surface area contributed by atoms with Gasteiger partial charge in [0.05, 0.1) is 29.5 Å². The van der Waals surface area contributed by atoms with Crippen molar-refractivity contribution in [3.63, 3.8) is 0 Å². The van der Waals surface area contributed by atoms with E-state index in [0.29, 0.717) is 18.4 Å². The fraction of sp³-hybridized carbons (Fsp3) is 0.467. The van der Waals surface area contributed by atoms with Gasteiger partial charge < -0.3 is 10.3 Å². The fourth-order valence-corrected chi connectivity index (χ4v) is 2.78. The highest BCUT2D eigenvalue weighted by atomic mass is 19.3. The van der Waals surface area contributed by atoms with Crippen molar-refractivity contribution in [3.8, 4) is 0 Å². The van der Waals surface area contributed by atoms with Crippen LogP contribution in [0.25, 0.3) is 10.9 Å². The number of fused-ring (bicyclic) bond motifs is 1. The van der Waals surface area contributed by atoms with Crippen LogP contribution in [0.15, 0.2) is 23.4 Å². The number of halogens is 2. The molecular weight excluding hydrogens is 306 g/mol. The summed E-state index contributed by atoms with van der Waals surface area (Å²) in [5, 5.41) is 2.56. The Hall–Kier alpha value is -2.38. The van der Waals surface area contributed by atoms with E-state index in [1.807, 2.05) is 0 Å². The van der Waals surface area contributed by atoms with Gasteiger partial charge in [0.15, 0.2) is 0 Å². The van der Waals surface area contributed by atoms with E-state index in [1.54, 1.807) is 0 Å². The van der Waals surface area contributed by atoms with Gasteiger partial charge in [-0.1, -0.05) is 12.8 Å². The second kappa shape index (κ2) is 6.02. The average Bonchev–Trinajstić information content (AvgIpc) is 2.69. The Bertz CT molecular complexity index is 790. The number of aromatic amines is 1. The van der Waals surface area contributed by atoms with Crippen molar-refractivity contribution in [1.82, 2.24) is 20.3 Å². The van der Waals surface area contributed by atoms with E-state index >= 15 is 0 Å². The molecule has 0 aliphatic heterocycles. The second-order valence-electron chi connectivity index (χ2n) is 5.70.